The molecule has 3 fully saturated rings. The third kappa shape index (κ3) is 2.39. The van der Waals surface area contributed by atoms with Crippen molar-refractivity contribution in [2.75, 3.05) is 6.61 Å². The molecule has 1 heterocycles. The van der Waals surface area contributed by atoms with Crippen LogP contribution in [0, 0.1) is 17.3 Å². The first-order chi connectivity index (χ1) is 9.90. The second-order valence-electron chi connectivity index (χ2n) is 6.95. The van der Waals surface area contributed by atoms with Gasteiger partial charge in [0, 0.05) is 0 Å². The zero-order valence-electron chi connectivity index (χ0n) is 12.7. The normalized spacial score (nSPS) is 40.9. The molecular formula is C16H23IO4. The fourth-order valence-electron chi connectivity index (χ4n) is 4.44. The van der Waals surface area contributed by atoms with Crippen LogP contribution in [0.4, 0.5) is 0 Å². The van der Waals surface area contributed by atoms with E-state index in [1.54, 1.807) is 0 Å². The number of rotatable bonds is 3. The van der Waals surface area contributed by atoms with E-state index in [0.29, 0.717) is 18.4 Å². The Kier molecular flexibility index (Phi) is 3.99. The molecule has 1 saturated heterocycles. The number of ether oxygens (including phenoxy) is 2. The van der Waals surface area contributed by atoms with Gasteiger partial charge in [-0.3, -0.25) is 9.59 Å². The minimum absolute atomic E-state index is 0.00654. The molecule has 1 spiro atoms. The molecule has 0 aromatic heterocycles. The molecule has 5 heteroatoms. The molecule has 1 aliphatic heterocycles. The second kappa shape index (κ2) is 5.39. The zero-order chi connectivity index (χ0) is 15.3. The standard InChI is InChI=1S/C16H23IO4/c1-3-15(2,17)13(18)21-12-8-10-4-5-11(9-12)16(10)6-7-20-14(16)19/h10-12H,3-9H2,1-2H3. The minimum atomic E-state index is -0.446. The molecule has 2 saturated carbocycles. The van der Waals surface area contributed by atoms with Gasteiger partial charge in [0.25, 0.3) is 0 Å². The van der Waals surface area contributed by atoms with Crippen molar-refractivity contribution in [2.45, 2.75) is 61.9 Å². The van der Waals surface area contributed by atoms with Crippen molar-refractivity contribution in [1.82, 2.24) is 0 Å². The molecule has 0 aromatic carbocycles. The van der Waals surface area contributed by atoms with Gasteiger partial charge in [-0.1, -0.05) is 29.5 Å². The maximum absolute atomic E-state index is 12.3. The smallest absolute Gasteiger partial charge is 0.322 e. The van der Waals surface area contributed by atoms with Crippen LogP contribution in [0.2, 0.25) is 0 Å². The lowest BCUT2D eigenvalue weighted by atomic mass is 9.63. The summed E-state index contributed by atoms with van der Waals surface area (Å²) in [6.45, 7) is 4.49. The van der Waals surface area contributed by atoms with Gasteiger partial charge in [-0.25, -0.2) is 0 Å². The molecule has 0 aromatic rings. The Morgan fingerprint density at radius 3 is 2.52 bits per heavy atom. The Bertz CT molecular complexity index is 445. The molecule has 2 aliphatic carbocycles. The SMILES string of the molecule is CCC(C)(I)C(=O)OC1CC2CCC(C1)C21CCOC1=O. The number of cyclic esters (lactones) is 1. The third-order valence-electron chi connectivity index (χ3n) is 5.91. The third-order valence-corrected chi connectivity index (χ3v) is 7.11. The molecule has 4 nitrogen and oxygen atoms in total. The molecule has 118 valence electrons. The Morgan fingerprint density at radius 1 is 1.43 bits per heavy atom. The van der Waals surface area contributed by atoms with E-state index >= 15 is 0 Å². The minimum Gasteiger partial charge on any atom is -0.465 e. The van der Waals surface area contributed by atoms with Crippen molar-refractivity contribution in [3.05, 3.63) is 0 Å². The predicted molar refractivity (Wildman–Crippen MR) is 86.1 cm³/mol. The lowest BCUT2D eigenvalue weighted by Crippen LogP contribution is -2.45. The van der Waals surface area contributed by atoms with E-state index in [-0.39, 0.29) is 23.5 Å². The van der Waals surface area contributed by atoms with Crippen molar-refractivity contribution in [3.8, 4) is 0 Å². The summed E-state index contributed by atoms with van der Waals surface area (Å²) in [6.07, 6.45) is 5.41. The first-order valence-electron chi connectivity index (χ1n) is 7.97. The van der Waals surface area contributed by atoms with Crippen LogP contribution in [0.15, 0.2) is 0 Å². The Morgan fingerprint density at radius 2 is 2.05 bits per heavy atom. The van der Waals surface area contributed by atoms with Crippen LogP contribution in [0.25, 0.3) is 0 Å². The van der Waals surface area contributed by atoms with Crippen LogP contribution in [-0.4, -0.2) is 28.1 Å². The van der Waals surface area contributed by atoms with E-state index in [1.807, 2.05) is 13.8 Å². The number of carbonyl (C=O) groups is 2. The highest BCUT2D eigenvalue weighted by atomic mass is 127. The molecule has 0 radical (unpaired) electrons. The number of alkyl halides is 1. The highest BCUT2D eigenvalue weighted by Gasteiger charge is 2.62. The number of hydrogen-bond donors (Lipinski definition) is 0. The summed E-state index contributed by atoms with van der Waals surface area (Å²) in [4.78, 5) is 24.5. The summed E-state index contributed by atoms with van der Waals surface area (Å²) in [6, 6.07) is 0. The lowest BCUT2D eigenvalue weighted by molar-refractivity contribution is -0.161. The molecule has 3 aliphatic rings. The molecule has 0 N–H and O–H groups in total. The van der Waals surface area contributed by atoms with Gasteiger partial charge in [0.2, 0.25) is 0 Å². The largest absolute Gasteiger partial charge is 0.465 e. The van der Waals surface area contributed by atoms with Crippen LogP contribution in [-0.2, 0) is 19.1 Å². The Balaban J connectivity index is 1.69. The molecule has 2 bridgehead atoms. The molecular weight excluding hydrogens is 383 g/mol. The Hall–Kier alpha value is -0.330. The molecule has 3 rings (SSSR count). The van der Waals surface area contributed by atoms with E-state index in [4.69, 9.17) is 9.47 Å². The average molecular weight is 406 g/mol. The van der Waals surface area contributed by atoms with Crippen molar-refractivity contribution < 1.29 is 19.1 Å². The van der Waals surface area contributed by atoms with Gasteiger partial charge in [0.15, 0.2) is 0 Å². The number of carbonyl (C=O) groups excluding carboxylic acids is 2. The Labute approximate surface area is 139 Å². The summed E-state index contributed by atoms with van der Waals surface area (Å²) < 4.78 is 10.6. The average Bonchev–Trinajstić information content (AvgIpc) is 2.90. The van der Waals surface area contributed by atoms with Gasteiger partial charge in [0.05, 0.1) is 12.0 Å². The van der Waals surface area contributed by atoms with Gasteiger partial charge in [-0.05, 0) is 57.3 Å². The number of hydrogen-bond acceptors (Lipinski definition) is 4. The van der Waals surface area contributed by atoms with E-state index in [2.05, 4.69) is 22.6 Å². The van der Waals surface area contributed by atoms with Crippen molar-refractivity contribution in [2.24, 2.45) is 17.3 Å². The van der Waals surface area contributed by atoms with Gasteiger partial charge in [0.1, 0.15) is 9.53 Å². The number of halogens is 1. The predicted octanol–water partition coefficient (Wildman–Crippen LogP) is 3.26. The summed E-state index contributed by atoms with van der Waals surface area (Å²) >= 11 is 2.17. The maximum atomic E-state index is 12.3. The van der Waals surface area contributed by atoms with Crippen LogP contribution >= 0.6 is 22.6 Å². The fraction of sp³-hybridized carbons (Fsp3) is 0.875. The van der Waals surface area contributed by atoms with Crippen molar-refractivity contribution in [1.29, 1.82) is 0 Å². The zero-order valence-corrected chi connectivity index (χ0v) is 14.9. The first-order valence-corrected chi connectivity index (χ1v) is 9.05. The molecule has 3 unspecified atom stereocenters. The van der Waals surface area contributed by atoms with Crippen molar-refractivity contribution >= 4 is 34.5 Å². The highest BCUT2D eigenvalue weighted by Crippen LogP contribution is 2.60. The fourth-order valence-corrected chi connectivity index (χ4v) is 4.57. The van der Waals surface area contributed by atoms with Gasteiger partial charge >= 0.3 is 11.9 Å². The summed E-state index contributed by atoms with van der Waals surface area (Å²) in [5, 5.41) is 0. The van der Waals surface area contributed by atoms with E-state index in [1.165, 1.54) is 0 Å². The monoisotopic (exact) mass is 406 g/mol. The van der Waals surface area contributed by atoms with Crippen LogP contribution < -0.4 is 0 Å². The topological polar surface area (TPSA) is 52.6 Å². The van der Waals surface area contributed by atoms with Crippen LogP contribution in [0.3, 0.4) is 0 Å². The molecule has 3 atom stereocenters. The molecule has 0 amide bonds. The van der Waals surface area contributed by atoms with Crippen molar-refractivity contribution in [3.63, 3.8) is 0 Å². The second-order valence-corrected chi connectivity index (χ2v) is 9.33. The maximum Gasteiger partial charge on any atom is 0.322 e. The summed E-state index contributed by atoms with van der Waals surface area (Å²) in [5.74, 6) is 0.573. The summed E-state index contributed by atoms with van der Waals surface area (Å²) in [7, 11) is 0. The lowest BCUT2D eigenvalue weighted by Gasteiger charge is -2.41. The van der Waals surface area contributed by atoms with E-state index in [0.717, 1.165) is 38.5 Å². The van der Waals surface area contributed by atoms with Gasteiger partial charge < -0.3 is 9.47 Å². The quantitative estimate of drug-likeness (QED) is 0.410. The highest BCUT2D eigenvalue weighted by molar-refractivity contribution is 14.1. The van der Waals surface area contributed by atoms with E-state index < -0.39 is 3.42 Å². The van der Waals surface area contributed by atoms with E-state index in [9.17, 15) is 9.59 Å². The van der Waals surface area contributed by atoms with Gasteiger partial charge in [-0.2, -0.15) is 0 Å². The number of esters is 2. The van der Waals surface area contributed by atoms with Crippen LogP contribution in [0.5, 0.6) is 0 Å². The van der Waals surface area contributed by atoms with Crippen LogP contribution in [0.1, 0.15) is 52.4 Å². The summed E-state index contributed by atoms with van der Waals surface area (Å²) in [5.41, 5.74) is -0.249. The molecule has 21 heavy (non-hydrogen) atoms. The first kappa shape index (κ1) is 15.6. The van der Waals surface area contributed by atoms with Gasteiger partial charge in [-0.15, -0.1) is 0 Å².